The van der Waals surface area contributed by atoms with Crippen molar-refractivity contribution in [2.24, 2.45) is 5.92 Å². The van der Waals surface area contributed by atoms with E-state index in [2.05, 4.69) is 10.3 Å². The molecule has 1 N–H and O–H groups in total. The lowest BCUT2D eigenvalue weighted by Gasteiger charge is -2.09. The summed E-state index contributed by atoms with van der Waals surface area (Å²) in [6.45, 7) is 4.00. The predicted octanol–water partition coefficient (Wildman–Crippen LogP) is 2.07. The zero-order valence-electron chi connectivity index (χ0n) is 9.28. The Labute approximate surface area is 89.7 Å². The van der Waals surface area contributed by atoms with Gasteiger partial charge in [0.15, 0.2) is 0 Å². The van der Waals surface area contributed by atoms with Crippen molar-refractivity contribution in [2.75, 3.05) is 12.4 Å². The van der Waals surface area contributed by atoms with Gasteiger partial charge in [0.05, 0.1) is 7.11 Å². The molecule has 0 aromatic carbocycles. The van der Waals surface area contributed by atoms with E-state index in [-0.39, 0.29) is 5.91 Å². The van der Waals surface area contributed by atoms with Crippen LogP contribution < -0.4 is 10.1 Å². The van der Waals surface area contributed by atoms with Gasteiger partial charge in [-0.05, 0) is 18.1 Å². The Kier molecular flexibility index (Phi) is 4.09. The number of nitrogens with zero attached hydrogens (tertiary/aromatic N) is 1. The van der Waals surface area contributed by atoms with Crippen molar-refractivity contribution in [2.45, 2.75) is 20.3 Å². The highest BCUT2D eigenvalue weighted by Gasteiger charge is 2.08. The molecule has 0 aliphatic heterocycles. The molecule has 1 aromatic rings. The first-order chi connectivity index (χ1) is 7.13. The number of amides is 1. The van der Waals surface area contributed by atoms with Crippen LogP contribution >= 0.6 is 0 Å². The molecule has 0 aliphatic rings. The summed E-state index contributed by atoms with van der Waals surface area (Å²) in [7, 11) is 1.53. The molecule has 1 rings (SSSR count). The summed E-state index contributed by atoms with van der Waals surface area (Å²) in [6.07, 6.45) is 2.12. The summed E-state index contributed by atoms with van der Waals surface area (Å²) < 4.78 is 5.03. The third-order valence-electron chi connectivity index (χ3n) is 1.83. The van der Waals surface area contributed by atoms with E-state index in [4.69, 9.17) is 4.74 Å². The topological polar surface area (TPSA) is 51.2 Å². The van der Waals surface area contributed by atoms with Crippen molar-refractivity contribution < 1.29 is 9.53 Å². The van der Waals surface area contributed by atoms with Gasteiger partial charge >= 0.3 is 0 Å². The number of hydrogen-bond acceptors (Lipinski definition) is 3. The van der Waals surface area contributed by atoms with Crippen LogP contribution in [-0.4, -0.2) is 18.0 Å². The summed E-state index contributed by atoms with van der Waals surface area (Å²) in [6, 6.07) is 3.53. The molecule has 4 nitrogen and oxygen atoms in total. The van der Waals surface area contributed by atoms with Crippen molar-refractivity contribution >= 4 is 11.6 Å². The Morgan fingerprint density at radius 3 is 2.93 bits per heavy atom. The fraction of sp³-hybridized carbons (Fsp3) is 0.455. The summed E-state index contributed by atoms with van der Waals surface area (Å²) in [5.41, 5.74) is 0.616. The average Bonchev–Trinajstić information content (AvgIpc) is 2.17. The predicted molar refractivity (Wildman–Crippen MR) is 58.9 cm³/mol. The number of methoxy groups -OCH3 is 1. The van der Waals surface area contributed by atoms with Gasteiger partial charge < -0.3 is 10.1 Å². The number of carbonyl (C=O) groups is 1. The zero-order valence-corrected chi connectivity index (χ0v) is 9.28. The van der Waals surface area contributed by atoms with Crippen LogP contribution in [0.4, 0.5) is 5.69 Å². The van der Waals surface area contributed by atoms with Crippen LogP contribution in [0, 0.1) is 5.92 Å². The Morgan fingerprint density at radius 1 is 1.60 bits per heavy atom. The zero-order chi connectivity index (χ0) is 11.3. The maximum absolute atomic E-state index is 11.5. The fourth-order valence-corrected chi connectivity index (χ4v) is 1.22. The third kappa shape index (κ3) is 3.58. The summed E-state index contributed by atoms with van der Waals surface area (Å²) in [4.78, 5) is 15.5. The first-order valence-corrected chi connectivity index (χ1v) is 4.92. The molecule has 15 heavy (non-hydrogen) atoms. The summed E-state index contributed by atoms with van der Waals surface area (Å²) >= 11 is 0. The van der Waals surface area contributed by atoms with E-state index in [9.17, 15) is 4.79 Å². The molecule has 82 valence electrons. The number of rotatable bonds is 4. The molecule has 0 bridgehead atoms. The largest absolute Gasteiger partial charge is 0.480 e. The highest BCUT2D eigenvalue weighted by molar-refractivity contribution is 5.91. The summed E-state index contributed by atoms with van der Waals surface area (Å²) in [5.74, 6) is 0.763. The fourth-order valence-electron chi connectivity index (χ4n) is 1.22. The second-order valence-corrected chi connectivity index (χ2v) is 3.71. The van der Waals surface area contributed by atoms with Crippen molar-refractivity contribution in [1.82, 2.24) is 4.98 Å². The maximum Gasteiger partial charge on any atom is 0.237 e. The molecule has 0 fully saturated rings. The van der Waals surface area contributed by atoms with Gasteiger partial charge in [0.2, 0.25) is 11.8 Å². The van der Waals surface area contributed by atoms with Crippen LogP contribution in [0.15, 0.2) is 18.3 Å². The second kappa shape index (κ2) is 5.34. The lowest BCUT2D eigenvalue weighted by molar-refractivity contribution is -0.116. The monoisotopic (exact) mass is 208 g/mol. The van der Waals surface area contributed by atoms with E-state index in [0.29, 0.717) is 23.9 Å². The molecule has 1 aromatic heterocycles. The Balaban J connectivity index is 2.67. The van der Waals surface area contributed by atoms with Gasteiger partial charge in [0.1, 0.15) is 5.69 Å². The van der Waals surface area contributed by atoms with Crippen LogP contribution in [0.5, 0.6) is 5.88 Å². The molecule has 0 radical (unpaired) electrons. The molecule has 0 aliphatic carbocycles. The highest BCUT2D eigenvalue weighted by Crippen LogP contribution is 2.20. The molecule has 0 atom stereocenters. The highest BCUT2D eigenvalue weighted by atomic mass is 16.5. The first-order valence-electron chi connectivity index (χ1n) is 4.92. The normalized spacial score (nSPS) is 10.1. The minimum Gasteiger partial charge on any atom is -0.480 e. The van der Waals surface area contributed by atoms with Crippen molar-refractivity contribution in [3.05, 3.63) is 18.3 Å². The smallest absolute Gasteiger partial charge is 0.237 e. The molecule has 0 spiro atoms. The molecule has 1 amide bonds. The Morgan fingerprint density at radius 2 is 2.33 bits per heavy atom. The van der Waals surface area contributed by atoms with Crippen LogP contribution in [0.2, 0.25) is 0 Å². The van der Waals surface area contributed by atoms with Gasteiger partial charge in [-0.3, -0.25) is 4.79 Å². The summed E-state index contributed by atoms with van der Waals surface area (Å²) in [5, 5.41) is 2.77. The number of hydrogen-bond donors (Lipinski definition) is 1. The van der Waals surface area contributed by atoms with E-state index < -0.39 is 0 Å². The third-order valence-corrected chi connectivity index (χ3v) is 1.83. The lowest BCUT2D eigenvalue weighted by atomic mass is 10.1. The van der Waals surface area contributed by atoms with Crippen LogP contribution in [-0.2, 0) is 4.79 Å². The molecular weight excluding hydrogens is 192 g/mol. The van der Waals surface area contributed by atoms with Gasteiger partial charge in [-0.2, -0.15) is 0 Å². The van der Waals surface area contributed by atoms with Gasteiger partial charge in [0, 0.05) is 12.6 Å². The SMILES string of the molecule is COc1ncccc1NC(=O)CC(C)C. The molecule has 4 heteroatoms. The van der Waals surface area contributed by atoms with E-state index >= 15 is 0 Å². The van der Waals surface area contributed by atoms with E-state index in [0.717, 1.165) is 0 Å². The Hall–Kier alpha value is -1.58. The molecule has 1 heterocycles. The quantitative estimate of drug-likeness (QED) is 0.824. The van der Waals surface area contributed by atoms with Gasteiger partial charge in [0.25, 0.3) is 0 Å². The second-order valence-electron chi connectivity index (χ2n) is 3.71. The minimum atomic E-state index is -0.0173. The van der Waals surface area contributed by atoms with E-state index in [1.807, 2.05) is 13.8 Å². The Bertz CT molecular complexity index is 337. The standard InChI is InChI=1S/C11H16N2O2/c1-8(2)7-10(14)13-9-5-4-6-12-11(9)15-3/h4-6,8H,7H2,1-3H3,(H,13,14). The van der Waals surface area contributed by atoms with Crippen molar-refractivity contribution in [3.63, 3.8) is 0 Å². The van der Waals surface area contributed by atoms with E-state index in [1.54, 1.807) is 18.3 Å². The molecular formula is C11H16N2O2. The van der Waals surface area contributed by atoms with Gasteiger partial charge in [-0.25, -0.2) is 4.98 Å². The van der Waals surface area contributed by atoms with Crippen molar-refractivity contribution in [1.29, 1.82) is 0 Å². The number of carbonyl (C=O) groups excluding carboxylic acids is 1. The van der Waals surface area contributed by atoms with Crippen molar-refractivity contribution in [3.8, 4) is 5.88 Å². The lowest BCUT2D eigenvalue weighted by Crippen LogP contribution is -2.14. The van der Waals surface area contributed by atoms with Crippen LogP contribution in [0.25, 0.3) is 0 Å². The number of ether oxygens (including phenoxy) is 1. The van der Waals surface area contributed by atoms with Crippen LogP contribution in [0.1, 0.15) is 20.3 Å². The molecule has 0 unspecified atom stereocenters. The van der Waals surface area contributed by atoms with Gasteiger partial charge in [-0.1, -0.05) is 13.8 Å². The number of aromatic nitrogens is 1. The molecule has 0 saturated carbocycles. The minimum absolute atomic E-state index is 0.0173. The first kappa shape index (κ1) is 11.5. The average molecular weight is 208 g/mol. The molecule has 0 saturated heterocycles. The number of anilines is 1. The van der Waals surface area contributed by atoms with E-state index in [1.165, 1.54) is 7.11 Å². The number of pyridine rings is 1. The maximum atomic E-state index is 11.5. The van der Waals surface area contributed by atoms with Crippen LogP contribution in [0.3, 0.4) is 0 Å². The number of nitrogens with one attached hydrogen (secondary N) is 1. The van der Waals surface area contributed by atoms with Gasteiger partial charge in [-0.15, -0.1) is 0 Å².